The summed E-state index contributed by atoms with van der Waals surface area (Å²) in [6.07, 6.45) is 1.54. The van der Waals surface area contributed by atoms with E-state index in [0.29, 0.717) is 5.82 Å². The molecule has 2 N–H and O–H groups in total. The fraction of sp³-hybridized carbons (Fsp3) is 0. The van der Waals surface area contributed by atoms with Crippen LogP contribution in [0.1, 0.15) is 10.4 Å². The number of sulfonamides is 1. The van der Waals surface area contributed by atoms with Gasteiger partial charge in [0.1, 0.15) is 11.6 Å². The van der Waals surface area contributed by atoms with Crippen molar-refractivity contribution in [1.29, 1.82) is 0 Å². The largest absolute Gasteiger partial charge is 0.307 e. The highest BCUT2D eigenvalue weighted by molar-refractivity contribution is 9.10. The molecule has 0 radical (unpaired) electrons. The standard InChI is InChI=1S/C18H12BrClFN3O3S/c19-12-4-7-17(22-10-12)23-18(25)11-2-1-3-13(8-11)24-28(26,27)14-5-6-16(21)15(20)9-14/h1-10,24H,(H,22,23,25). The molecule has 0 aliphatic carbocycles. The van der Waals surface area contributed by atoms with Crippen LogP contribution >= 0.6 is 27.5 Å². The molecule has 0 fully saturated rings. The molecule has 0 spiro atoms. The van der Waals surface area contributed by atoms with Crippen LogP contribution in [0.5, 0.6) is 0 Å². The molecule has 28 heavy (non-hydrogen) atoms. The molecule has 1 amide bonds. The maximum absolute atomic E-state index is 13.3. The second kappa shape index (κ2) is 8.26. The van der Waals surface area contributed by atoms with Crippen molar-refractivity contribution in [2.45, 2.75) is 4.90 Å². The molecule has 0 bridgehead atoms. The summed E-state index contributed by atoms with van der Waals surface area (Å²) >= 11 is 8.90. The van der Waals surface area contributed by atoms with Gasteiger partial charge in [-0.05, 0) is 64.5 Å². The molecule has 0 atom stereocenters. The lowest BCUT2D eigenvalue weighted by molar-refractivity contribution is 0.102. The summed E-state index contributed by atoms with van der Waals surface area (Å²) in [5, 5.41) is 2.31. The number of pyridine rings is 1. The molecule has 0 aliphatic heterocycles. The Kier molecular flexibility index (Phi) is 5.97. The SMILES string of the molecule is O=C(Nc1ccc(Br)cn1)c1cccc(NS(=O)(=O)c2ccc(F)c(Cl)c2)c1. The van der Waals surface area contributed by atoms with Crippen molar-refractivity contribution in [2.75, 3.05) is 10.0 Å². The van der Waals surface area contributed by atoms with Gasteiger partial charge in [0.15, 0.2) is 0 Å². The molecule has 2 aromatic carbocycles. The van der Waals surface area contributed by atoms with Gasteiger partial charge in [0, 0.05) is 21.9 Å². The van der Waals surface area contributed by atoms with E-state index in [2.05, 4.69) is 31.0 Å². The Bertz CT molecular complexity index is 1140. The fourth-order valence-corrected chi connectivity index (χ4v) is 3.78. The maximum Gasteiger partial charge on any atom is 0.261 e. The number of hydrogen-bond donors (Lipinski definition) is 2. The van der Waals surface area contributed by atoms with E-state index < -0.39 is 21.7 Å². The van der Waals surface area contributed by atoms with Gasteiger partial charge in [0.05, 0.1) is 9.92 Å². The summed E-state index contributed by atoms with van der Waals surface area (Å²) in [4.78, 5) is 16.2. The summed E-state index contributed by atoms with van der Waals surface area (Å²) < 4.78 is 41.3. The van der Waals surface area contributed by atoms with Crippen molar-refractivity contribution in [2.24, 2.45) is 0 Å². The topological polar surface area (TPSA) is 88.2 Å². The van der Waals surface area contributed by atoms with Gasteiger partial charge in [0.25, 0.3) is 15.9 Å². The number of hydrogen-bond acceptors (Lipinski definition) is 4. The molecule has 0 saturated heterocycles. The fourth-order valence-electron chi connectivity index (χ4n) is 2.22. The normalized spacial score (nSPS) is 11.1. The van der Waals surface area contributed by atoms with E-state index in [0.717, 1.165) is 22.7 Å². The van der Waals surface area contributed by atoms with Crippen molar-refractivity contribution in [3.63, 3.8) is 0 Å². The molecule has 0 saturated carbocycles. The second-order valence-electron chi connectivity index (χ2n) is 5.58. The predicted molar refractivity (Wildman–Crippen MR) is 109 cm³/mol. The van der Waals surface area contributed by atoms with Crippen LogP contribution in [0.2, 0.25) is 5.02 Å². The molecule has 1 aromatic heterocycles. The highest BCUT2D eigenvalue weighted by atomic mass is 79.9. The number of halogens is 3. The highest BCUT2D eigenvalue weighted by Gasteiger charge is 2.17. The highest BCUT2D eigenvalue weighted by Crippen LogP contribution is 2.22. The Balaban J connectivity index is 1.79. The van der Waals surface area contributed by atoms with Gasteiger partial charge in [-0.3, -0.25) is 9.52 Å². The predicted octanol–water partition coefficient (Wildman–Crippen LogP) is 4.69. The monoisotopic (exact) mass is 483 g/mol. The smallest absolute Gasteiger partial charge is 0.261 e. The molecule has 3 aromatic rings. The van der Waals surface area contributed by atoms with Gasteiger partial charge >= 0.3 is 0 Å². The van der Waals surface area contributed by atoms with Crippen molar-refractivity contribution in [3.8, 4) is 0 Å². The number of nitrogens with one attached hydrogen (secondary N) is 2. The Labute approximate surface area is 173 Å². The molecule has 144 valence electrons. The van der Waals surface area contributed by atoms with Crippen LogP contribution in [-0.4, -0.2) is 19.3 Å². The van der Waals surface area contributed by atoms with Crippen LogP contribution < -0.4 is 10.0 Å². The van der Waals surface area contributed by atoms with Crippen LogP contribution in [0.25, 0.3) is 0 Å². The Hall–Kier alpha value is -2.49. The summed E-state index contributed by atoms with van der Waals surface area (Å²) in [7, 11) is -4.01. The number of benzene rings is 2. The van der Waals surface area contributed by atoms with Gasteiger partial charge in [-0.25, -0.2) is 17.8 Å². The Morgan fingerprint density at radius 1 is 1.11 bits per heavy atom. The zero-order valence-corrected chi connectivity index (χ0v) is 17.1. The number of nitrogens with zero attached hydrogens (tertiary/aromatic N) is 1. The van der Waals surface area contributed by atoms with Crippen LogP contribution in [0.15, 0.2) is 70.2 Å². The summed E-state index contributed by atoms with van der Waals surface area (Å²) in [6.45, 7) is 0. The van der Waals surface area contributed by atoms with Crippen LogP contribution in [-0.2, 0) is 10.0 Å². The van der Waals surface area contributed by atoms with E-state index in [9.17, 15) is 17.6 Å². The van der Waals surface area contributed by atoms with E-state index in [1.807, 2.05) is 0 Å². The lowest BCUT2D eigenvalue weighted by Crippen LogP contribution is -2.15. The average molecular weight is 485 g/mol. The zero-order valence-electron chi connectivity index (χ0n) is 14.0. The number of aromatic nitrogens is 1. The van der Waals surface area contributed by atoms with Crippen molar-refractivity contribution in [1.82, 2.24) is 4.98 Å². The molecule has 3 rings (SSSR count). The number of amides is 1. The average Bonchev–Trinajstić information content (AvgIpc) is 2.65. The second-order valence-corrected chi connectivity index (χ2v) is 8.58. The first-order valence-electron chi connectivity index (χ1n) is 7.75. The van der Waals surface area contributed by atoms with Gasteiger partial charge in [-0.15, -0.1) is 0 Å². The Morgan fingerprint density at radius 2 is 1.89 bits per heavy atom. The third-order valence-corrected chi connectivity index (χ3v) is 5.69. The summed E-state index contributed by atoms with van der Waals surface area (Å²) in [6, 6.07) is 12.3. The van der Waals surface area contributed by atoms with Crippen molar-refractivity contribution in [3.05, 3.63) is 81.7 Å². The van der Waals surface area contributed by atoms with Crippen LogP contribution in [0.4, 0.5) is 15.9 Å². The molecular weight excluding hydrogens is 473 g/mol. The molecule has 0 aliphatic rings. The lowest BCUT2D eigenvalue weighted by Gasteiger charge is -2.10. The van der Waals surface area contributed by atoms with Crippen LogP contribution in [0.3, 0.4) is 0 Å². The first-order chi connectivity index (χ1) is 13.2. The van der Waals surface area contributed by atoms with Gasteiger partial charge in [0.2, 0.25) is 0 Å². The Morgan fingerprint density at radius 3 is 2.57 bits per heavy atom. The number of rotatable bonds is 5. The lowest BCUT2D eigenvalue weighted by atomic mass is 10.2. The first-order valence-corrected chi connectivity index (χ1v) is 10.4. The number of carbonyl (C=O) groups excluding carboxylic acids is 1. The molecule has 0 unspecified atom stereocenters. The molecule has 6 nitrogen and oxygen atoms in total. The third-order valence-electron chi connectivity index (χ3n) is 3.55. The number of anilines is 2. The maximum atomic E-state index is 13.3. The minimum absolute atomic E-state index is 0.164. The quantitative estimate of drug-likeness (QED) is 0.550. The van der Waals surface area contributed by atoms with Gasteiger partial charge in [-0.2, -0.15) is 0 Å². The summed E-state index contributed by atoms with van der Waals surface area (Å²) in [5.74, 6) is -0.832. The van der Waals surface area contributed by atoms with Crippen molar-refractivity contribution >= 4 is 55.0 Å². The zero-order chi connectivity index (χ0) is 20.3. The van der Waals surface area contributed by atoms with Gasteiger partial charge < -0.3 is 5.32 Å². The van der Waals surface area contributed by atoms with Crippen LogP contribution in [0, 0.1) is 5.82 Å². The van der Waals surface area contributed by atoms with E-state index in [1.165, 1.54) is 30.5 Å². The van der Waals surface area contributed by atoms with E-state index in [1.54, 1.807) is 12.1 Å². The molecule has 1 heterocycles. The van der Waals surface area contributed by atoms with E-state index >= 15 is 0 Å². The van der Waals surface area contributed by atoms with Crippen molar-refractivity contribution < 1.29 is 17.6 Å². The third kappa shape index (κ3) is 4.86. The van der Waals surface area contributed by atoms with E-state index in [4.69, 9.17) is 11.6 Å². The minimum Gasteiger partial charge on any atom is -0.307 e. The first kappa shape index (κ1) is 20.2. The molecular formula is C18H12BrClFN3O3S. The van der Waals surface area contributed by atoms with E-state index in [-0.39, 0.29) is 21.2 Å². The summed E-state index contributed by atoms with van der Waals surface area (Å²) in [5.41, 5.74) is 0.388. The molecule has 10 heteroatoms. The number of carbonyl (C=O) groups is 1. The minimum atomic E-state index is -4.01. The van der Waals surface area contributed by atoms with Gasteiger partial charge in [-0.1, -0.05) is 17.7 Å².